The second kappa shape index (κ2) is 3.09. The van der Waals surface area contributed by atoms with Crippen molar-refractivity contribution in [2.45, 2.75) is 25.1 Å². The minimum Gasteiger partial charge on any atom is -0.277 e. The summed E-state index contributed by atoms with van der Waals surface area (Å²) in [5, 5.41) is 0.576. The van der Waals surface area contributed by atoms with E-state index in [1.165, 1.54) is 5.57 Å². The molecule has 1 aliphatic heterocycles. The molecule has 0 bridgehead atoms. The minimum absolute atomic E-state index is 0.414. The number of rotatable bonds is 1. The predicted octanol–water partition coefficient (Wildman–Crippen LogP) is 2.65. The van der Waals surface area contributed by atoms with Gasteiger partial charge in [-0.15, -0.1) is 11.8 Å². The summed E-state index contributed by atoms with van der Waals surface area (Å²) in [4.78, 5) is 4.36. The van der Waals surface area contributed by atoms with E-state index in [0.717, 1.165) is 0 Å². The molecule has 0 aromatic carbocycles. The third-order valence-corrected chi connectivity index (χ3v) is 3.27. The van der Waals surface area contributed by atoms with Gasteiger partial charge in [0.15, 0.2) is 0 Å². The van der Waals surface area contributed by atoms with Gasteiger partial charge in [-0.1, -0.05) is 32.1 Å². The third kappa shape index (κ3) is 1.36. The van der Waals surface area contributed by atoms with Gasteiger partial charge in [0.05, 0.1) is 16.8 Å². The van der Waals surface area contributed by atoms with Crippen molar-refractivity contribution in [3.8, 4) is 0 Å². The topological polar surface area (TPSA) is 12.4 Å². The normalized spacial score (nSPS) is 32.4. The van der Waals surface area contributed by atoms with E-state index < -0.39 is 0 Å². The highest BCUT2D eigenvalue weighted by Crippen LogP contribution is 2.30. The lowest BCUT2D eigenvalue weighted by Gasteiger charge is -2.18. The van der Waals surface area contributed by atoms with Gasteiger partial charge in [-0.25, -0.2) is 0 Å². The lowest BCUT2D eigenvalue weighted by atomic mass is 9.95. The molecule has 0 saturated heterocycles. The van der Waals surface area contributed by atoms with Crippen molar-refractivity contribution >= 4 is 17.3 Å². The Morgan fingerprint density at radius 2 is 2.33 bits per heavy atom. The van der Waals surface area contributed by atoms with E-state index in [4.69, 9.17) is 0 Å². The van der Waals surface area contributed by atoms with E-state index in [-0.39, 0.29) is 0 Å². The van der Waals surface area contributed by atoms with Gasteiger partial charge >= 0.3 is 0 Å². The average Bonchev–Trinajstić information content (AvgIpc) is 2.49. The van der Waals surface area contributed by atoms with E-state index >= 15 is 0 Å². The molecule has 64 valence electrons. The first kappa shape index (κ1) is 8.11. The van der Waals surface area contributed by atoms with Crippen molar-refractivity contribution in [3.05, 3.63) is 23.8 Å². The molecule has 2 aliphatic rings. The summed E-state index contributed by atoms with van der Waals surface area (Å²) < 4.78 is 0. The van der Waals surface area contributed by atoms with E-state index in [9.17, 15) is 0 Å². The molecule has 0 aromatic heterocycles. The lowest BCUT2D eigenvalue weighted by Crippen LogP contribution is -2.17. The van der Waals surface area contributed by atoms with Crippen LogP contribution in [0.25, 0.3) is 0 Å². The molecule has 0 spiro atoms. The molecular weight excluding hydrogens is 166 g/mol. The first-order valence-electron chi connectivity index (χ1n) is 4.34. The molecule has 0 aromatic rings. The Bertz CT molecular complexity index is 263. The maximum Gasteiger partial charge on any atom is 0.0846 e. The minimum atomic E-state index is 0.414. The van der Waals surface area contributed by atoms with Crippen LogP contribution < -0.4 is 0 Å². The molecule has 2 atom stereocenters. The van der Waals surface area contributed by atoms with Gasteiger partial charge in [-0.3, -0.25) is 4.99 Å². The number of aliphatic imine (C=N–C) groups is 1. The van der Waals surface area contributed by atoms with Crippen molar-refractivity contribution < 1.29 is 0 Å². The molecule has 0 saturated carbocycles. The van der Waals surface area contributed by atoms with Gasteiger partial charge in [-0.2, -0.15) is 0 Å². The summed E-state index contributed by atoms with van der Waals surface area (Å²) >= 11 is 1.83. The largest absolute Gasteiger partial charge is 0.277 e. The van der Waals surface area contributed by atoms with Gasteiger partial charge in [0.1, 0.15) is 0 Å². The number of nitrogens with zero attached hydrogens (tertiary/aromatic N) is 1. The van der Waals surface area contributed by atoms with Gasteiger partial charge in [0.2, 0.25) is 0 Å². The quantitative estimate of drug-likeness (QED) is 0.603. The van der Waals surface area contributed by atoms with E-state index in [0.29, 0.717) is 17.2 Å². The first-order chi connectivity index (χ1) is 5.77. The smallest absolute Gasteiger partial charge is 0.0846 e. The maximum atomic E-state index is 4.36. The zero-order valence-corrected chi connectivity index (χ0v) is 8.21. The van der Waals surface area contributed by atoms with Crippen molar-refractivity contribution in [1.82, 2.24) is 0 Å². The van der Waals surface area contributed by atoms with Crippen LogP contribution in [0.1, 0.15) is 13.8 Å². The molecule has 2 rings (SSSR count). The number of hydrogen-bond donors (Lipinski definition) is 0. The van der Waals surface area contributed by atoms with Crippen LogP contribution in [0.15, 0.2) is 28.8 Å². The highest BCUT2D eigenvalue weighted by molar-refractivity contribution is 8.13. The average molecular weight is 179 g/mol. The van der Waals surface area contributed by atoms with Crippen molar-refractivity contribution in [1.29, 1.82) is 0 Å². The summed E-state index contributed by atoms with van der Waals surface area (Å²) in [6.45, 7) is 4.47. The Hall–Kier alpha value is -0.500. The Balaban J connectivity index is 2.18. The maximum absolute atomic E-state index is 4.36. The van der Waals surface area contributed by atoms with Gasteiger partial charge in [-0.05, 0) is 11.5 Å². The van der Waals surface area contributed by atoms with Gasteiger partial charge < -0.3 is 0 Å². The van der Waals surface area contributed by atoms with E-state index in [1.54, 1.807) is 0 Å². The van der Waals surface area contributed by atoms with E-state index in [2.05, 4.69) is 37.1 Å². The van der Waals surface area contributed by atoms with Crippen molar-refractivity contribution in [2.24, 2.45) is 10.9 Å². The number of allylic oxidation sites excluding steroid dienone is 2. The Labute approximate surface area is 77.7 Å². The highest BCUT2D eigenvalue weighted by atomic mass is 32.2. The molecule has 1 heterocycles. The molecule has 0 radical (unpaired) electrons. The van der Waals surface area contributed by atoms with Crippen LogP contribution >= 0.6 is 11.8 Å². The fourth-order valence-electron chi connectivity index (χ4n) is 1.48. The van der Waals surface area contributed by atoms with Crippen LogP contribution in [-0.4, -0.2) is 16.8 Å². The fraction of sp³-hybridized carbons (Fsp3) is 0.500. The molecule has 2 heteroatoms. The highest BCUT2D eigenvalue weighted by Gasteiger charge is 2.24. The Morgan fingerprint density at radius 3 is 3.08 bits per heavy atom. The fourth-order valence-corrected chi connectivity index (χ4v) is 2.39. The standard InChI is InChI=1S/C10H13NS/c1-7(2)8-3-4-9-10(5-8)12-6-11-9/h3-7,9-10H,1-2H3. The summed E-state index contributed by atoms with van der Waals surface area (Å²) in [5.74, 6) is 0.642. The van der Waals surface area contributed by atoms with Crippen molar-refractivity contribution in [2.75, 3.05) is 0 Å². The monoisotopic (exact) mass is 179 g/mol. The molecule has 12 heavy (non-hydrogen) atoms. The zero-order valence-electron chi connectivity index (χ0n) is 7.40. The van der Waals surface area contributed by atoms with Gasteiger partial charge in [0, 0.05) is 0 Å². The van der Waals surface area contributed by atoms with Crippen LogP contribution in [0, 0.1) is 5.92 Å². The van der Waals surface area contributed by atoms with Crippen molar-refractivity contribution in [3.63, 3.8) is 0 Å². The van der Waals surface area contributed by atoms with Crippen LogP contribution in [0.5, 0.6) is 0 Å². The van der Waals surface area contributed by atoms with E-state index in [1.807, 2.05) is 17.3 Å². The lowest BCUT2D eigenvalue weighted by molar-refractivity contribution is 0.757. The third-order valence-electron chi connectivity index (χ3n) is 2.30. The zero-order chi connectivity index (χ0) is 8.55. The van der Waals surface area contributed by atoms with Gasteiger partial charge in [0.25, 0.3) is 0 Å². The van der Waals surface area contributed by atoms with Crippen LogP contribution in [0.2, 0.25) is 0 Å². The molecule has 2 unspecified atom stereocenters. The summed E-state index contributed by atoms with van der Waals surface area (Å²) in [6.07, 6.45) is 6.79. The summed E-state index contributed by atoms with van der Waals surface area (Å²) in [5.41, 5.74) is 3.42. The molecule has 0 N–H and O–H groups in total. The SMILES string of the molecule is CC(C)C1=CC2SC=NC2C=C1. The number of hydrogen-bond acceptors (Lipinski definition) is 2. The second-order valence-corrected chi connectivity index (χ2v) is 4.55. The molecule has 0 amide bonds. The second-order valence-electron chi connectivity index (χ2n) is 3.53. The number of fused-ring (bicyclic) bond motifs is 1. The molecule has 0 fully saturated rings. The Morgan fingerprint density at radius 1 is 1.50 bits per heavy atom. The molecule has 1 nitrogen and oxygen atoms in total. The van der Waals surface area contributed by atoms with Crippen LogP contribution in [0.4, 0.5) is 0 Å². The Kier molecular flexibility index (Phi) is 2.09. The van der Waals surface area contributed by atoms with Crippen LogP contribution in [-0.2, 0) is 0 Å². The summed E-state index contributed by atoms with van der Waals surface area (Å²) in [6, 6.07) is 0.414. The predicted molar refractivity (Wildman–Crippen MR) is 55.7 cm³/mol. The summed E-state index contributed by atoms with van der Waals surface area (Å²) in [7, 11) is 0. The molecule has 1 aliphatic carbocycles. The first-order valence-corrected chi connectivity index (χ1v) is 5.28. The number of thioether (sulfide) groups is 1. The molecular formula is C10H13NS. The van der Waals surface area contributed by atoms with Crippen LogP contribution in [0.3, 0.4) is 0 Å².